The predicted octanol–water partition coefficient (Wildman–Crippen LogP) is 4.57. The van der Waals surface area contributed by atoms with Gasteiger partial charge in [-0.3, -0.25) is 4.79 Å². The van der Waals surface area contributed by atoms with Gasteiger partial charge in [-0.1, -0.05) is 50.2 Å². The SMILES string of the molecule is CCOC(=O)C1(NC(=O)c2cccc(C(C)C)c2OC2CCC2)Cc2ccccc2C1. The van der Waals surface area contributed by atoms with Crippen LogP contribution in [0.15, 0.2) is 42.5 Å². The number of carbonyl (C=O) groups excluding carboxylic acids is 2. The molecule has 0 unspecified atom stereocenters. The van der Waals surface area contributed by atoms with E-state index in [1.165, 1.54) is 0 Å². The third-order valence-corrected chi connectivity index (χ3v) is 6.37. The molecular formula is C26H31NO4. The summed E-state index contributed by atoms with van der Waals surface area (Å²) in [6.45, 7) is 6.24. The fourth-order valence-electron chi connectivity index (χ4n) is 4.43. The third-order valence-electron chi connectivity index (χ3n) is 6.37. The van der Waals surface area contributed by atoms with Gasteiger partial charge in [0.2, 0.25) is 0 Å². The van der Waals surface area contributed by atoms with Crippen LogP contribution in [0.2, 0.25) is 0 Å². The van der Waals surface area contributed by atoms with Crippen molar-refractivity contribution in [3.63, 3.8) is 0 Å². The highest BCUT2D eigenvalue weighted by molar-refractivity contribution is 6.01. The van der Waals surface area contributed by atoms with Crippen LogP contribution in [0, 0.1) is 0 Å². The Morgan fingerprint density at radius 3 is 2.29 bits per heavy atom. The molecule has 0 atom stereocenters. The number of hydrogen-bond donors (Lipinski definition) is 1. The van der Waals surface area contributed by atoms with Gasteiger partial charge in [0.1, 0.15) is 11.3 Å². The van der Waals surface area contributed by atoms with E-state index in [9.17, 15) is 9.59 Å². The van der Waals surface area contributed by atoms with Gasteiger partial charge in [-0.25, -0.2) is 4.79 Å². The molecule has 0 saturated heterocycles. The lowest BCUT2D eigenvalue weighted by Crippen LogP contribution is -2.56. The number of nitrogens with one attached hydrogen (secondary N) is 1. The van der Waals surface area contributed by atoms with E-state index in [2.05, 4.69) is 19.2 Å². The normalized spacial score (nSPS) is 17.0. The summed E-state index contributed by atoms with van der Waals surface area (Å²) in [5.41, 5.74) is 2.53. The van der Waals surface area contributed by atoms with Gasteiger partial charge in [-0.05, 0) is 54.9 Å². The average Bonchev–Trinajstić information content (AvgIpc) is 3.09. The highest BCUT2D eigenvalue weighted by Gasteiger charge is 2.47. The van der Waals surface area contributed by atoms with Gasteiger partial charge in [0, 0.05) is 12.8 Å². The standard InChI is InChI=1S/C26H31NO4/c1-4-30-25(29)26(15-18-9-5-6-10-19(18)16-26)27-24(28)22-14-8-13-21(17(2)3)23(22)31-20-11-7-12-20/h5-6,8-10,13-14,17,20H,4,7,11-12,15-16H2,1-3H3,(H,27,28). The van der Waals surface area contributed by atoms with Crippen molar-refractivity contribution < 1.29 is 19.1 Å². The first-order chi connectivity index (χ1) is 14.9. The first-order valence-electron chi connectivity index (χ1n) is 11.3. The van der Waals surface area contributed by atoms with Crippen LogP contribution in [-0.2, 0) is 22.4 Å². The molecule has 164 valence electrons. The van der Waals surface area contributed by atoms with Gasteiger partial charge in [-0.15, -0.1) is 0 Å². The zero-order chi connectivity index (χ0) is 22.0. The second-order valence-electron chi connectivity index (χ2n) is 8.93. The maximum atomic E-state index is 13.6. The van der Waals surface area contributed by atoms with E-state index in [0.29, 0.717) is 24.2 Å². The maximum Gasteiger partial charge on any atom is 0.332 e. The van der Waals surface area contributed by atoms with Crippen molar-refractivity contribution >= 4 is 11.9 Å². The zero-order valence-electron chi connectivity index (χ0n) is 18.6. The van der Waals surface area contributed by atoms with E-state index >= 15 is 0 Å². The number of benzene rings is 2. The van der Waals surface area contributed by atoms with Crippen LogP contribution in [0.1, 0.15) is 73.0 Å². The van der Waals surface area contributed by atoms with Crippen LogP contribution in [0.3, 0.4) is 0 Å². The molecular weight excluding hydrogens is 390 g/mol. The fourth-order valence-corrected chi connectivity index (χ4v) is 4.43. The monoisotopic (exact) mass is 421 g/mol. The number of amides is 1. The average molecular weight is 422 g/mol. The van der Waals surface area contributed by atoms with Crippen molar-refractivity contribution in [2.45, 2.75) is 70.4 Å². The summed E-state index contributed by atoms with van der Waals surface area (Å²) in [5.74, 6) is 0.186. The third kappa shape index (κ3) is 4.18. The number of rotatable bonds is 7. The molecule has 5 nitrogen and oxygen atoms in total. The maximum absolute atomic E-state index is 13.6. The second kappa shape index (κ2) is 8.74. The second-order valence-corrected chi connectivity index (χ2v) is 8.93. The van der Waals surface area contributed by atoms with Crippen molar-refractivity contribution in [1.82, 2.24) is 5.32 Å². The van der Waals surface area contributed by atoms with Gasteiger partial charge in [0.05, 0.1) is 18.3 Å². The van der Waals surface area contributed by atoms with E-state index < -0.39 is 5.54 Å². The van der Waals surface area contributed by atoms with E-state index in [1.54, 1.807) is 13.0 Å². The topological polar surface area (TPSA) is 64.6 Å². The largest absolute Gasteiger partial charge is 0.489 e. The summed E-state index contributed by atoms with van der Waals surface area (Å²) in [4.78, 5) is 26.6. The Morgan fingerprint density at radius 1 is 1.06 bits per heavy atom. The summed E-state index contributed by atoms with van der Waals surface area (Å²) in [6, 6.07) is 13.6. The predicted molar refractivity (Wildman–Crippen MR) is 119 cm³/mol. The lowest BCUT2D eigenvalue weighted by molar-refractivity contribution is -0.150. The summed E-state index contributed by atoms with van der Waals surface area (Å²) >= 11 is 0. The summed E-state index contributed by atoms with van der Waals surface area (Å²) in [5, 5.41) is 3.06. The highest BCUT2D eigenvalue weighted by atomic mass is 16.5. The van der Waals surface area contributed by atoms with Gasteiger partial charge in [0.25, 0.3) is 5.91 Å². The molecule has 1 amide bonds. The van der Waals surface area contributed by atoms with Gasteiger partial charge >= 0.3 is 5.97 Å². The molecule has 31 heavy (non-hydrogen) atoms. The van der Waals surface area contributed by atoms with Crippen LogP contribution >= 0.6 is 0 Å². The minimum absolute atomic E-state index is 0.154. The molecule has 1 fully saturated rings. The smallest absolute Gasteiger partial charge is 0.332 e. The van der Waals surface area contributed by atoms with Crippen molar-refractivity contribution in [3.05, 3.63) is 64.7 Å². The number of hydrogen-bond acceptors (Lipinski definition) is 4. The Balaban J connectivity index is 1.67. The summed E-state index contributed by atoms with van der Waals surface area (Å²) < 4.78 is 11.7. The van der Waals surface area contributed by atoms with Crippen molar-refractivity contribution in [1.29, 1.82) is 0 Å². The highest BCUT2D eigenvalue weighted by Crippen LogP contribution is 2.36. The number of para-hydroxylation sites is 1. The summed E-state index contributed by atoms with van der Waals surface area (Å²) in [6.07, 6.45) is 4.18. The molecule has 2 aromatic carbocycles. The van der Waals surface area contributed by atoms with Crippen LogP contribution < -0.4 is 10.1 Å². The zero-order valence-corrected chi connectivity index (χ0v) is 18.6. The molecule has 1 saturated carbocycles. The molecule has 0 spiro atoms. The van der Waals surface area contributed by atoms with E-state index in [1.807, 2.05) is 36.4 Å². The minimum Gasteiger partial charge on any atom is -0.489 e. The lowest BCUT2D eigenvalue weighted by atomic mass is 9.93. The number of esters is 1. The minimum atomic E-state index is -1.10. The number of ether oxygens (including phenoxy) is 2. The molecule has 0 heterocycles. The van der Waals surface area contributed by atoms with Crippen molar-refractivity contribution in [2.24, 2.45) is 0 Å². The Kier molecular flexibility index (Phi) is 6.03. The Bertz CT molecular complexity index is 952. The molecule has 1 N–H and O–H groups in total. The molecule has 0 aliphatic heterocycles. The molecule has 0 bridgehead atoms. The molecule has 0 radical (unpaired) electrons. The Hall–Kier alpha value is -2.82. The number of carbonyl (C=O) groups is 2. The summed E-state index contributed by atoms with van der Waals surface area (Å²) in [7, 11) is 0. The number of fused-ring (bicyclic) bond motifs is 1. The van der Waals surface area contributed by atoms with Crippen LogP contribution in [0.25, 0.3) is 0 Å². The van der Waals surface area contributed by atoms with Gasteiger partial charge < -0.3 is 14.8 Å². The quantitative estimate of drug-likeness (QED) is 0.665. The molecule has 2 aliphatic rings. The van der Waals surface area contributed by atoms with Crippen LogP contribution in [0.4, 0.5) is 0 Å². The molecule has 4 rings (SSSR count). The van der Waals surface area contributed by atoms with E-state index in [4.69, 9.17) is 9.47 Å². The van der Waals surface area contributed by atoms with Crippen molar-refractivity contribution in [2.75, 3.05) is 6.61 Å². The fraction of sp³-hybridized carbons (Fsp3) is 0.462. The molecule has 5 heteroatoms. The van der Waals surface area contributed by atoms with E-state index in [-0.39, 0.29) is 30.5 Å². The van der Waals surface area contributed by atoms with Crippen molar-refractivity contribution in [3.8, 4) is 5.75 Å². The first-order valence-corrected chi connectivity index (χ1v) is 11.3. The van der Waals surface area contributed by atoms with Gasteiger partial charge in [-0.2, -0.15) is 0 Å². The van der Waals surface area contributed by atoms with E-state index in [0.717, 1.165) is 36.0 Å². The molecule has 2 aromatic rings. The Labute approximate surface area is 184 Å². The molecule has 2 aliphatic carbocycles. The first kappa shape index (κ1) is 21.4. The van der Waals surface area contributed by atoms with Crippen LogP contribution in [-0.4, -0.2) is 30.1 Å². The Morgan fingerprint density at radius 2 is 1.74 bits per heavy atom. The molecule has 0 aromatic heterocycles. The lowest BCUT2D eigenvalue weighted by Gasteiger charge is -2.31. The van der Waals surface area contributed by atoms with Gasteiger partial charge in [0.15, 0.2) is 0 Å². The van der Waals surface area contributed by atoms with Crippen LogP contribution in [0.5, 0.6) is 5.75 Å².